The molecule has 0 bridgehead atoms. The van der Waals surface area contributed by atoms with E-state index in [0.29, 0.717) is 19.7 Å². The SMILES string of the molecule is CCOC(=O)c1ccn(C2CN(C(=O)OC(C)(C)C)C2)n1. The number of hydrogen-bond acceptors (Lipinski definition) is 5. The molecule has 0 saturated carbocycles. The minimum Gasteiger partial charge on any atom is -0.461 e. The normalized spacial score (nSPS) is 15.5. The lowest BCUT2D eigenvalue weighted by Crippen LogP contribution is -2.52. The van der Waals surface area contributed by atoms with E-state index in [1.54, 1.807) is 28.8 Å². The molecule has 21 heavy (non-hydrogen) atoms. The monoisotopic (exact) mass is 295 g/mol. The summed E-state index contributed by atoms with van der Waals surface area (Å²) in [4.78, 5) is 25.0. The molecule has 7 nitrogen and oxygen atoms in total. The number of carbonyl (C=O) groups excluding carboxylic acids is 2. The Balaban J connectivity index is 1.87. The lowest BCUT2D eigenvalue weighted by Gasteiger charge is -2.39. The van der Waals surface area contributed by atoms with Crippen LogP contribution >= 0.6 is 0 Å². The van der Waals surface area contributed by atoms with E-state index in [9.17, 15) is 9.59 Å². The molecule has 0 N–H and O–H groups in total. The van der Waals surface area contributed by atoms with E-state index < -0.39 is 11.6 Å². The van der Waals surface area contributed by atoms with Gasteiger partial charge in [-0.25, -0.2) is 9.59 Å². The van der Waals surface area contributed by atoms with Crippen molar-refractivity contribution in [2.24, 2.45) is 0 Å². The Hall–Kier alpha value is -2.05. The van der Waals surface area contributed by atoms with E-state index in [1.807, 2.05) is 20.8 Å². The fourth-order valence-electron chi connectivity index (χ4n) is 1.95. The third kappa shape index (κ3) is 3.74. The molecule has 1 fully saturated rings. The molecule has 0 spiro atoms. The van der Waals surface area contributed by atoms with Crippen molar-refractivity contribution < 1.29 is 19.1 Å². The first-order chi connectivity index (χ1) is 9.80. The molecule has 7 heteroatoms. The first kappa shape index (κ1) is 15.3. The highest BCUT2D eigenvalue weighted by Crippen LogP contribution is 2.23. The third-order valence-electron chi connectivity index (χ3n) is 2.98. The van der Waals surface area contributed by atoms with E-state index in [4.69, 9.17) is 9.47 Å². The summed E-state index contributed by atoms with van der Waals surface area (Å²) in [7, 11) is 0. The highest BCUT2D eigenvalue weighted by Gasteiger charge is 2.35. The van der Waals surface area contributed by atoms with Crippen LogP contribution in [0.3, 0.4) is 0 Å². The Morgan fingerprint density at radius 3 is 2.62 bits per heavy atom. The maximum Gasteiger partial charge on any atom is 0.410 e. The van der Waals surface area contributed by atoms with Gasteiger partial charge in [0.1, 0.15) is 5.60 Å². The molecule has 1 saturated heterocycles. The average molecular weight is 295 g/mol. The Morgan fingerprint density at radius 2 is 2.05 bits per heavy atom. The van der Waals surface area contributed by atoms with Gasteiger partial charge in [0.05, 0.1) is 12.6 Å². The summed E-state index contributed by atoms with van der Waals surface area (Å²) < 4.78 is 11.9. The van der Waals surface area contributed by atoms with Gasteiger partial charge in [-0.05, 0) is 33.8 Å². The minimum atomic E-state index is -0.495. The molecule has 1 amide bonds. The molecule has 1 aliphatic rings. The molecule has 1 aromatic rings. The van der Waals surface area contributed by atoms with Crippen LogP contribution in [0.1, 0.15) is 44.2 Å². The summed E-state index contributed by atoms with van der Waals surface area (Å²) in [6.07, 6.45) is 1.40. The van der Waals surface area contributed by atoms with Crippen LogP contribution in [-0.2, 0) is 9.47 Å². The molecule has 2 rings (SSSR count). The van der Waals surface area contributed by atoms with Crippen molar-refractivity contribution in [2.45, 2.75) is 39.3 Å². The number of aromatic nitrogens is 2. The van der Waals surface area contributed by atoms with Crippen LogP contribution in [0.4, 0.5) is 4.79 Å². The Morgan fingerprint density at radius 1 is 1.38 bits per heavy atom. The van der Waals surface area contributed by atoms with E-state index >= 15 is 0 Å². The molecular weight excluding hydrogens is 274 g/mol. The van der Waals surface area contributed by atoms with Crippen LogP contribution in [-0.4, -0.2) is 52.0 Å². The summed E-state index contributed by atoms with van der Waals surface area (Å²) in [5.74, 6) is -0.431. The van der Waals surface area contributed by atoms with Gasteiger partial charge in [0.25, 0.3) is 0 Å². The Bertz CT molecular complexity index is 527. The predicted octanol–water partition coefficient (Wildman–Crippen LogP) is 1.85. The number of carbonyl (C=O) groups is 2. The third-order valence-corrected chi connectivity index (χ3v) is 2.98. The van der Waals surface area contributed by atoms with Crippen molar-refractivity contribution in [1.29, 1.82) is 0 Å². The number of hydrogen-bond donors (Lipinski definition) is 0. The van der Waals surface area contributed by atoms with E-state index in [1.165, 1.54) is 0 Å². The van der Waals surface area contributed by atoms with E-state index in [-0.39, 0.29) is 17.8 Å². The van der Waals surface area contributed by atoms with Gasteiger partial charge in [-0.3, -0.25) is 4.68 Å². The van der Waals surface area contributed by atoms with Gasteiger partial charge in [0.2, 0.25) is 0 Å². The summed E-state index contributed by atoms with van der Waals surface area (Å²) in [5, 5.41) is 4.18. The van der Waals surface area contributed by atoms with Crippen molar-refractivity contribution in [1.82, 2.24) is 14.7 Å². The van der Waals surface area contributed by atoms with Gasteiger partial charge in [0.15, 0.2) is 5.69 Å². The first-order valence-corrected chi connectivity index (χ1v) is 7.00. The summed E-state index contributed by atoms with van der Waals surface area (Å²) in [6, 6.07) is 1.69. The predicted molar refractivity (Wildman–Crippen MR) is 75.0 cm³/mol. The maximum atomic E-state index is 11.8. The average Bonchev–Trinajstić information content (AvgIpc) is 2.74. The van der Waals surface area contributed by atoms with Gasteiger partial charge in [-0.2, -0.15) is 5.10 Å². The number of amides is 1. The number of rotatable bonds is 3. The first-order valence-electron chi connectivity index (χ1n) is 7.00. The quantitative estimate of drug-likeness (QED) is 0.796. The summed E-state index contributed by atoms with van der Waals surface area (Å²) >= 11 is 0. The van der Waals surface area contributed by atoms with Gasteiger partial charge in [0, 0.05) is 19.3 Å². The largest absolute Gasteiger partial charge is 0.461 e. The molecule has 0 atom stereocenters. The van der Waals surface area contributed by atoms with Crippen LogP contribution in [0.5, 0.6) is 0 Å². The van der Waals surface area contributed by atoms with Crippen molar-refractivity contribution >= 4 is 12.1 Å². The minimum absolute atomic E-state index is 0.0701. The van der Waals surface area contributed by atoms with Gasteiger partial charge < -0.3 is 14.4 Å². The van der Waals surface area contributed by atoms with Crippen molar-refractivity contribution in [3.8, 4) is 0 Å². The number of nitrogens with zero attached hydrogens (tertiary/aromatic N) is 3. The zero-order valence-corrected chi connectivity index (χ0v) is 12.8. The number of ether oxygens (including phenoxy) is 2. The summed E-state index contributed by atoms with van der Waals surface area (Å²) in [5.41, 5.74) is -0.210. The molecular formula is C14H21N3O4. The standard InChI is InChI=1S/C14H21N3O4/c1-5-20-12(18)11-6-7-17(15-11)10-8-16(9-10)13(19)21-14(2,3)4/h6-7,10H,5,8-9H2,1-4H3. The Kier molecular flexibility index (Phi) is 4.20. The van der Waals surface area contributed by atoms with Crippen LogP contribution in [0.2, 0.25) is 0 Å². The second kappa shape index (κ2) is 5.75. The highest BCUT2D eigenvalue weighted by atomic mass is 16.6. The van der Waals surface area contributed by atoms with Gasteiger partial charge >= 0.3 is 12.1 Å². The van der Waals surface area contributed by atoms with E-state index in [2.05, 4.69) is 5.10 Å². The smallest absolute Gasteiger partial charge is 0.410 e. The van der Waals surface area contributed by atoms with Crippen LogP contribution < -0.4 is 0 Å². The molecule has 116 valence electrons. The lowest BCUT2D eigenvalue weighted by atomic mass is 10.1. The second-order valence-electron chi connectivity index (χ2n) is 5.94. The fraction of sp³-hybridized carbons (Fsp3) is 0.643. The Labute approximate surface area is 123 Å². The maximum absolute atomic E-state index is 11.8. The number of esters is 1. The van der Waals surface area contributed by atoms with Crippen molar-refractivity contribution in [3.63, 3.8) is 0 Å². The number of likely N-dealkylation sites (tertiary alicyclic amines) is 1. The van der Waals surface area contributed by atoms with Crippen molar-refractivity contribution in [3.05, 3.63) is 18.0 Å². The zero-order valence-electron chi connectivity index (χ0n) is 12.8. The molecule has 0 aliphatic carbocycles. The van der Waals surface area contributed by atoms with Gasteiger partial charge in [-0.15, -0.1) is 0 Å². The van der Waals surface area contributed by atoms with Gasteiger partial charge in [-0.1, -0.05) is 0 Å². The van der Waals surface area contributed by atoms with Crippen LogP contribution in [0.25, 0.3) is 0 Å². The molecule has 0 unspecified atom stereocenters. The molecule has 1 aromatic heterocycles. The van der Waals surface area contributed by atoms with Crippen LogP contribution in [0, 0.1) is 0 Å². The zero-order chi connectivity index (χ0) is 15.6. The fourth-order valence-corrected chi connectivity index (χ4v) is 1.95. The molecule has 2 heterocycles. The molecule has 1 aliphatic heterocycles. The topological polar surface area (TPSA) is 73.7 Å². The van der Waals surface area contributed by atoms with Crippen LogP contribution in [0.15, 0.2) is 12.3 Å². The lowest BCUT2D eigenvalue weighted by molar-refractivity contribution is -0.000563. The highest BCUT2D eigenvalue weighted by molar-refractivity contribution is 5.87. The van der Waals surface area contributed by atoms with Crippen molar-refractivity contribution in [2.75, 3.05) is 19.7 Å². The second-order valence-corrected chi connectivity index (χ2v) is 5.94. The molecule has 0 radical (unpaired) electrons. The summed E-state index contributed by atoms with van der Waals surface area (Å²) in [6.45, 7) is 8.63. The molecule has 0 aromatic carbocycles. The van der Waals surface area contributed by atoms with E-state index in [0.717, 1.165) is 0 Å².